The van der Waals surface area contributed by atoms with Gasteiger partial charge in [-0.25, -0.2) is 8.42 Å². The lowest BCUT2D eigenvalue weighted by Crippen LogP contribution is -2.46. The van der Waals surface area contributed by atoms with Gasteiger partial charge in [0.2, 0.25) is 0 Å². The summed E-state index contributed by atoms with van der Waals surface area (Å²) in [6.07, 6.45) is 0. The Morgan fingerprint density at radius 3 is 2.41 bits per heavy atom. The van der Waals surface area contributed by atoms with Crippen LogP contribution in [0.4, 0.5) is 11.6 Å². The number of likely N-dealkylation sites (N-methyl/N-ethyl adjacent to an activating group) is 1. The number of anilines is 2. The highest BCUT2D eigenvalue weighted by Gasteiger charge is 2.19. The first-order chi connectivity index (χ1) is 12.9. The zero-order valence-corrected chi connectivity index (χ0v) is 16.7. The van der Waals surface area contributed by atoms with Gasteiger partial charge in [0.1, 0.15) is 5.75 Å². The van der Waals surface area contributed by atoms with Gasteiger partial charge in [0.15, 0.2) is 11.6 Å². The van der Waals surface area contributed by atoms with Crippen molar-refractivity contribution < 1.29 is 13.2 Å². The standard InChI is InChI=1S/C18H25N5O3S/c1-4-22-9-11-23(12-10-22)18-8-7-17(19-20-18)21-27(24,25)15-5-6-16(26-3)14(2)13-15/h5-8,13H,4,9-12H2,1-3H3,(H,19,21). The number of hydrogen-bond donors (Lipinski definition) is 1. The van der Waals surface area contributed by atoms with Crippen molar-refractivity contribution in [2.75, 3.05) is 49.5 Å². The molecule has 146 valence electrons. The Morgan fingerprint density at radius 1 is 1.11 bits per heavy atom. The Morgan fingerprint density at radius 2 is 1.85 bits per heavy atom. The van der Waals surface area contributed by atoms with E-state index in [1.807, 2.05) is 0 Å². The molecule has 1 aliphatic rings. The van der Waals surface area contributed by atoms with Gasteiger partial charge in [-0.2, -0.15) is 0 Å². The molecule has 0 radical (unpaired) electrons. The van der Waals surface area contributed by atoms with Crippen molar-refractivity contribution in [2.24, 2.45) is 0 Å². The first-order valence-electron chi connectivity index (χ1n) is 8.91. The van der Waals surface area contributed by atoms with Crippen molar-refractivity contribution in [3.8, 4) is 5.75 Å². The summed E-state index contributed by atoms with van der Waals surface area (Å²) in [7, 11) is -2.19. The third kappa shape index (κ3) is 4.48. The molecule has 0 amide bonds. The van der Waals surface area contributed by atoms with E-state index < -0.39 is 10.0 Å². The second-order valence-corrected chi connectivity index (χ2v) is 8.12. The molecule has 1 aromatic carbocycles. The maximum atomic E-state index is 12.6. The number of benzene rings is 1. The quantitative estimate of drug-likeness (QED) is 0.802. The van der Waals surface area contributed by atoms with Gasteiger partial charge in [-0.1, -0.05) is 6.92 Å². The van der Waals surface area contributed by atoms with E-state index in [0.29, 0.717) is 5.75 Å². The molecule has 0 aliphatic carbocycles. The van der Waals surface area contributed by atoms with Crippen molar-refractivity contribution in [1.82, 2.24) is 15.1 Å². The monoisotopic (exact) mass is 391 g/mol. The van der Waals surface area contributed by atoms with E-state index in [-0.39, 0.29) is 10.7 Å². The zero-order valence-electron chi connectivity index (χ0n) is 15.8. The molecule has 3 rings (SSSR count). The highest BCUT2D eigenvalue weighted by atomic mass is 32.2. The molecule has 2 heterocycles. The second-order valence-electron chi connectivity index (χ2n) is 6.44. The van der Waals surface area contributed by atoms with E-state index in [2.05, 4.69) is 31.6 Å². The molecule has 0 saturated carbocycles. The molecule has 0 bridgehead atoms. The molecule has 1 fully saturated rings. The lowest BCUT2D eigenvalue weighted by Gasteiger charge is -2.34. The van der Waals surface area contributed by atoms with Gasteiger partial charge in [0.25, 0.3) is 10.0 Å². The third-order valence-corrected chi connectivity index (χ3v) is 6.06. The Bertz CT molecular complexity index is 878. The molecule has 0 atom stereocenters. The number of sulfonamides is 1. The van der Waals surface area contributed by atoms with Gasteiger partial charge in [-0.05, 0) is 49.4 Å². The Balaban J connectivity index is 1.69. The predicted octanol–water partition coefficient (Wildman–Crippen LogP) is 1.74. The summed E-state index contributed by atoms with van der Waals surface area (Å²) in [6.45, 7) is 8.75. The summed E-state index contributed by atoms with van der Waals surface area (Å²) in [6, 6.07) is 8.14. The molecule has 1 saturated heterocycles. The van der Waals surface area contributed by atoms with Crippen LogP contribution in [0.25, 0.3) is 0 Å². The average molecular weight is 391 g/mol. The van der Waals surface area contributed by atoms with Crippen LogP contribution in [0.15, 0.2) is 35.2 Å². The van der Waals surface area contributed by atoms with Crippen LogP contribution < -0.4 is 14.4 Å². The van der Waals surface area contributed by atoms with E-state index >= 15 is 0 Å². The summed E-state index contributed by atoms with van der Waals surface area (Å²) >= 11 is 0. The minimum Gasteiger partial charge on any atom is -0.496 e. The normalized spacial score (nSPS) is 15.6. The minimum absolute atomic E-state index is 0.155. The first kappa shape index (κ1) is 19.4. The topological polar surface area (TPSA) is 87.7 Å². The minimum atomic E-state index is -3.74. The molecule has 9 heteroatoms. The number of aryl methyl sites for hydroxylation is 1. The van der Waals surface area contributed by atoms with Crippen molar-refractivity contribution in [3.05, 3.63) is 35.9 Å². The van der Waals surface area contributed by atoms with Crippen molar-refractivity contribution in [3.63, 3.8) is 0 Å². The van der Waals surface area contributed by atoms with Crippen LogP contribution in [0.2, 0.25) is 0 Å². The predicted molar refractivity (Wildman–Crippen MR) is 105 cm³/mol. The Labute approximate surface area is 160 Å². The van der Waals surface area contributed by atoms with Crippen molar-refractivity contribution in [1.29, 1.82) is 0 Å². The highest BCUT2D eigenvalue weighted by molar-refractivity contribution is 7.92. The fourth-order valence-electron chi connectivity index (χ4n) is 3.06. The highest BCUT2D eigenvalue weighted by Crippen LogP contribution is 2.23. The van der Waals surface area contributed by atoms with Crippen molar-refractivity contribution >= 4 is 21.7 Å². The van der Waals surface area contributed by atoms with E-state index in [1.165, 1.54) is 6.07 Å². The number of piperazine rings is 1. The molecular formula is C18H25N5O3S. The molecule has 1 aromatic heterocycles. The van der Waals surface area contributed by atoms with Crippen molar-refractivity contribution in [2.45, 2.75) is 18.7 Å². The number of hydrogen-bond acceptors (Lipinski definition) is 7. The number of methoxy groups -OCH3 is 1. The van der Waals surface area contributed by atoms with Gasteiger partial charge in [-0.15, -0.1) is 10.2 Å². The molecule has 1 aliphatic heterocycles. The van der Waals surface area contributed by atoms with E-state index in [4.69, 9.17) is 4.74 Å². The summed E-state index contributed by atoms with van der Waals surface area (Å²) in [5.74, 6) is 1.59. The molecule has 0 unspecified atom stereocenters. The van der Waals surface area contributed by atoms with Crippen LogP contribution >= 0.6 is 0 Å². The lowest BCUT2D eigenvalue weighted by molar-refractivity contribution is 0.270. The molecule has 8 nitrogen and oxygen atoms in total. The first-order valence-corrected chi connectivity index (χ1v) is 10.4. The van der Waals surface area contributed by atoms with E-state index in [0.717, 1.165) is 44.1 Å². The third-order valence-electron chi connectivity index (χ3n) is 4.71. The molecular weight excluding hydrogens is 366 g/mol. The Hall–Kier alpha value is -2.39. The fraction of sp³-hybridized carbons (Fsp3) is 0.444. The van der Waals surface area contributed by atoms with E-state index in [1.54, 1.807) is 38.3 Å². The number of rotatable bonds is 6. The van der Waals surface area contributed by atoms with Crippen LogP contribution in [0.3, 0.4) is 0 Å². The Kier molecular flexibility index (Phi) is 5.81. The molecule has 0 spiro atoms. The zero-order chi connectivity index (χ0) is 19.4. The molecule has 2 aromatic rings. The van der Waals surface area contributed by atoms with Crippen LogP contribution in [0.5, 0.6) is 5.75 Å². The van der Waals surface area contributed by atoms with Gasteiger partial charge in [-0.3, -0.25) is 4.72 Å². The number of nitrogens with one attached hydrogen (secondary N) is 1. The van der Waals surface area contributed by atoms with Crippen LogP contribution in [0, 0.1) is 6.92 Å². The second kappa shape index (κ2) is 8.10. The van der Waals surface area contributed by atoms with Gasteiger partial charge < -0.3 is 14.5 Å². The largest absolute Gasteiger partial charge is 0.496 e. The fourth-order valence-corrected chi connectivity index (χ4v) is 4.14. The van der Waals surface area contributed by atoms with Gasteiger partial charge in [0.05, 0.1) is 12.0 Å². The maximum absolute atomic E-state index is 12.6. The summed E-state index contributed by atoms with van der Waals surface area (Å²) in [5, 5.41) is 8.23. The number of nitrogens with zero attached hydrogens (tertiary/aromatic N) is 4. The number of ether oxygens (including phenoxy) is 1. The lowest BCUT2D eigenvalue weighted by atomic mass is 10.2. The van der Waals surface area contributed by atoms with Crippen LogP contribution in [-0.4, -0.2) is 63.3 Å². The average Bonchev–Trinajstić information content (AvgIpc) is 2.68. The number of aromatic nitrogens is 2. The van der Waals surface area contributed by atoms with Crippen LogP contribution in [0.1, 0.15) is 12.5 Å². The molecule has 27 heavy (non-hydrogen) atoms. The van der Waals surface area contributed by atoms with Crippen LogP contribution in [-0.2, 0) is 10.0 Å². The van der Waals surface area contributed by atoms with Gasteiger partial charge in [0, 0.05) is 26.2 Å². The SMILES string of the molecule is CCN1CCN(c2ccc(NS(=O)(=O)c3ccc(OC)c(C)c3)nn2)CC1. The van der Waals surface area contributed by atoms with Gasteiger partial charge >= 0.3 is 0 Å². The summed E-state index contributed by atoms with van der Waals surface area (Å²) < 4.78 is 32.8. The molecule has 1 N–H and O–H groups in total. The summed E-state index contributed by atoms with van der Waals surface area (Å²) in [5.41, 5.74) is 0.744. The smallest absolute Gasteiger partial charge is 0.263 e. The van der Waals surface area contributed by atoms with E-state index in [9.17, 15) is 8.42 Å². The summed E-state index contributed by atoms with van der Waals surface area (Å²) in [4.78, 5) is 4.69. The maximum Gasteiger partial charge on any atom is 0.263 e.